The van der Waals surface area contributed by atoms with E-state index in [1.807, 2.05) is 0 Å². The molecule has 88 valence electrons. The van der Waals surface area contributed by atoms with E-state index in [1.165, 1.54) is 6.33 Å². The van der Waals surface area contributed by atoms with E-state index in [1.54, 1.807) is 25.1 Å². The van der Waals surface area contributed by atoms with E-state index >= 15 is 0 Å². The maximum Gasteiger partial charge on any atom is 0.227 e. The summed E-state index contributed by atoms with van der Waals surface area (Å²) in [4.78, 5) is 7.84. The molecule has 4 nitrogen and oxygen atoms in total. The van der Waals surface area contributed by atoms with Crippen LogP contribution in [0.4, 0.5) is 5.82 Å². The number of hydrogen-bond donors (Lipinski definition) is 1. The molecule has 1 heterocycles. The Balaban J connectivity index is 2.35. The largest absolute Gasteiger partial charge is 0.437 e. The first-order valence-corrected chi connectivity index (χ1v) is 5.53. The molecular weight excluding hydrogens is 261 g/mol. The molecule has 2 N–H and O–H groups in total. The third kappa shape index (κ3) is 2.60. The van der Waals surface area contributed by atoms with Gasteiger partial charge < -0.3 is 10.5 Å². The van der Waals surface area contributed by atoms with Crippen LogP contribution in [-0.4, -0.2) is 9.97 Å². The third-order valence-corrected chi connectivity index (χ3v) is 2.71. The summed E-state index contributed by atoms with van der Waals surface area (Å²) in [7, 11) is 0. The van der Waals surface area contributed by atoms with Crippen molar-refractivity contribution in [3.05, 3.63) is 40.1 Å². The zero-order chi connectivity index (χ0) is 12.4. The molecule has 0 atom stereocenters. The van der Waals surface area contributed by atoms with Crippen LogP contribution in [-0.2, 0) is 0 Å². The molecule has 0 fully saturated rings. The minimum atomic E-state index is 0.375. The van der Waals surface area contributed by atoms with Gasteiger partial charge >= 0.3 is 0 Å². The van der Waals surface area contributed by atoms with E-state index in [2.05, 4.69) is 9.97 Å². The van der Waals surface area contributed by atoms with E-state index in [4.69, 9.17) is 33.7 Å². The molecule has 0 amide bonds. The molecule has 0 aliphatic rings. The van der Waals surface area contributed by atoms with Gasteiger partial charge in [0.1, 0.15) is 17.9 Å². The number of nitrogens with zero attached hydrogens (tertiary/aromatic N) is 2. The quantitative estimate of drug-likeness (QED) is 0.907. The van der Waals surface area contributed by atoms with E-state index in [0.717, 1.165) is 0 Å². The van der Waals surface area contributed by atoms with Gasteiger partial charge in [-0.15, -0.1) is 0 Å². The first-order valence-electron chi connectivity index (χ1n) is 4.78. The molecule has 6 heteroatoms. The van der Waals surface area contributed by atoms with Crippen LogP contribution in [0.15, 0.2) is 24.5 Å². The minimum absolute atomic E-state index is 0.375. The SMILES string of the molecule is Cc1c(N)ncnc1Oc1ccc(Cl)cc1Cl. The van der Waals surface area contributed by atoms with Crippen LogP contribution in [0.3, 0.4) is 0 Å². The van der Waals surface area contributed by atoms with Gasteiger partial charge in [0, 0.05) is 5.02 Å². The van der Waals surface area contributed by atoms with E-state index in [-0.39, 0.29) is 0 Å². The molecule has 1 aromatic carbocycles. The van der Waals surface area contributed by atoms with Crippen LogP contribution in [0.2, 0.25) is 10.0 Å². The van der Waals surface area contributed by atoms with Crippen molar-refractivity contribution in [3.63, 3.8) is 0 Å². The number of aromatic nitrogens is 2. The third-order valence-electron chi connectivity index (χ3n) is 2.18. The van der Waals surface area contributed by atoms with Crippen LogP contribution in [0.1, 0.15) is 5.56 Å². The van der Waals surface area contributed by atoms with Gasteiger partial charge in [-0.1, -0.05) is 23.2 Å². The summed E-state index contributed by atoms with van der Waals surface area (Å²) in [5, 5.41) is 0.954. The van der Waals surface area contributed by atoms with Crippen LogP contribution in [0, 0.1) is 6.92 Å². The molecule has 1 aromatic heterocycles. The number of benzene rings is 1. The Bertz CT molecular complexity index is 560. The Morgan fingerprint density at radius 1 is 1.24 bits per heavy atom. The molecule has 0 aliphatic heterocycles. The lowest BCUT2D eigenvalue weighted by Gasteiger charge is -2.09. The van der Waals surface area contributed by atoms with Gasteiger partial charge in [-0.2, -0.15) is 0 Å². The summed E-state index contributed by atoms with van der Waals surface area (Å²) in [6, 6.07) is 4.95. The lowest BCUT2D eigenvalue weighted by atomic mass is 10.3. The summed E-state index contributed by atoms with van der Waals surface area (Å²) in [6.45, 7) is 1.77. The predicted octanol–water partition coefficient (Wildman–Crippen LogP) is 3.47. The van der Waals surface area contributed by atoms with Crippen LogP contribution < -0.4 is 10.5 Å². The Labute approximate surface area is 108 Å². The lowest BCUT2D eigenvalue weighted by molar-refractivity contribution is 0.458. The summed E-state index contributed by atoms with van der Waals surface area (Å²) in [5.74, 6) is 1.22. The molecule has 0 aliphatic carbocycles. The molecule has 17 heavy (non-hydrogen) atoms. The molecular formula is C11H9Cl2N3O. The smallest absolute Gasteiger partial charge is 0.227 e. The Morgan fingerprint density at radius 2 is 2.00 bits per heavy atom. The van der Waals surface area contributed by atoms with Gasteiger partial charge in [-0.25, -0.2) is 9.97 Å². The second-order valence-electron chi connectivity index (χ2n) is 3.37. The minimum Gasteiger partial charge on any atom is -0.437 e. The standard InChI is InChI=1S/C11H9Cl2N3O/c1-6-10(14)15-5-16-11(6)17-9-3-2-7(12)4-8(9)13/h2-5H,1H3,(H2,14,15,16). The highest BCUT2D eigenvalue weighted by molar-refractivity contribution is 6.35. The van der Waals surface area contributed by atoms with Crippen molar-refractivity contribution in [2.24, 2.45) is 0 Å². The van der Waals surface area contributed by atoms with Crippen molar-refractivity contribution in [1.82, 2.24) is 9.97 Å². The summed E-state index contributed by atoms with van der Waals surface area (Å²) in [5.41, 5.74) is 6.32. The number of halogens is 2. The fourth-order valence-corrected chi connectivity index (χ4v) is 1.66. The van der Waals surface area contributed by atoms with Gasteiger partial charge in [0.2, 0.25) is 5.88 Å². The lowest BCUT2D eigenvalue weighted by Crippen LogP contribution is -1.99. The van der Waals surface area contributed by atoms with Gasteiger partial charge in [-0.05, 0) is 25.1 Å². The topological polar surface area (TPSA) is 61.0 Å². The van der Waals surface area contributed by atoms with Gasteiger partial charge in [-0.3, -0.25) is 0 Å². The predicted molar refractivity (Wildman–Crippen MR) is 67.7 cm³/mol. The molecule has 0 saturated heterocycles. The molecule has 0 bridgehead atoms. The van der Waals surface area contributed by atoms with Crippen molar-refractivity contribution in [2.45, 2.75) is 6.92 Å². The van der Waals surface area contributed by atoms with Crippen LogP contribution >= 0.6 is 23.2 Å². The van der Waals surface area contributed by atoms with E-state index in [9.17, 15) is 0 Å². The summed E-state index contributed by atoms with van der Waals surface area (Å²) in [6.07, 6.45) is 1.33. The number of hydrogen-bond acceptors (Lipinski definition) is 4. The van der Waals surface area contributed by atoms with Crippen molar-refractivity contribution in [2.75, 3.05) is 5.73 Å². The fourth-order valence-electron chi connectivity index (χ4n) is 1.21. The fraction of sp³-hybridized carbons (Fsp3) is 0.0909. The Kier molecular flexibility index (Phi) is 3.36. The van der Waals surface area contributed by atoms with E-state index in [0.29, 0.717) is 33.1 Å². The highest BCUT2D eigenvalue weighted by atomic mass is 35.5. The van der Waals surface area contributed by atoms with Crippen molar-refractivity contribution < 1.29 is 4.74 Å². The van der Waals surface area contributed by atoms with Crippen molar-refractivity contribution in [3.8, 4) is 11.6 Å². The monoisotopic (exact) mass is 269 g/mol. The van der Waals surface area contributed by atoms with Gasteiger partial charge in [0.25, 0.3) is 0 Å². The van der Waals surface area contributed by atoms with Gasteiger partial charge in [0.05, 0.1) is 10.6 Å². The zero-order valence-electron chi connectivity index (χ0n) is 8.95. The first-order chi connectivity index (χ1) is 8.08. The maximum atomic E-state index is 5.99. The van der Waals surface area contributed by atoms with Crippen molar-refractivity contribution >= 4 is 29.0 Å². The maximum absolute atomic E-state index is 5.99. The average Bonchev–Trinajstić information content (AvgIpc) is 2.28. The molecule has 0 saturated carbocycles. The summed E-state index contributed by atoms with van der Waals surface area (Å²) >= 11 is 11.8. The second kappa shape index (κ2) is 4.77. The zero-order valence-corrected chi connectivity index (χ0v) is 10.5. The number of rotatable bonds is 2. The Morgan fingerprint density at radius 3 is 2.71 bits per heavy atom. The normalized spacial score (nSPS) is 10.3. The molecule has 0 radical (unpaired) electrons. The van der Waals surface area contributed by atoms with Crippen LogP contribution in [0.5, 0.6) is 11.6 Å². The van der Waals surface area contributed by atoms with Crippen LogP contribution in [0.25, 0.3) is 0 Å². The Hall–Kier alpha value is -1.52. The first kappa shape index (κ1) is 12.0. The number of anilines is 1. The molecule has 2 rings (SSSR count). The highest BCUT2D eigenvalue weighted by Gasteiger charge is 2.09. The molecule has 0 spiro atoms. The molecule has 2 aromatic rings. The number of ether oxygens (including phenoxy) is 1. The second-order valence-corrected chi connectivity index (χ2v) is 4.21. The number of nitrogen functional groups attached to an aromatic ring is 1. The highest BCUT2D eigenvalue weighted by Crippen LogP contribution is 2.32. The van der Waals surface area contributed by atoms with E-state index < -0.39 is 0 Å². The number of nitrogens with two attached hydrogens (primary N) is 1. The average molecular weight is 270 g/mol. The van der Waals surface area contributed by atoms with Crippen molar-refractivity contribution in [1.29, 1.82) is 0 Å². The molecule has 0 unspecified atom stereocenters. The summed E-state index contributed by atoms with van der Waals surface area (Å²) < 4.78 is 5.55. The van der Waals surface area contributed by atoms with Gasteiger partial charge in [0.15, 0.2) is 0 Å².